The van der Waals surface area contributed by atoms with Crippen LogP contribution < -0.4 is 0 Å². The highest BCUT2D eigenvalue weighted by Crippen LogP contribution is 2.45. The molecule has 0 amide bonds. The van der Waals surface area contributed by atoms with Crippen molar-refractivity contribution < 1.29 is 45.4 Å². The predicted octanol–water partition coefficient (Wildman–Crippen LogP) is 7.30. The summed E-state index contributed by atoms with van der Waals surface area (Å²) in [6.07, 6.45) is -9.88. The maximum Gasteiger partial charge on any atom is 0.416 e. The Bertz CT molecular complexity index is 1050. The monoisotopic (exact) mass is 549 g/mol. The normalized spacial score (nSPS) is 21.2. The van der Waals surface area contributed by atoms with E-state index < -0.39 is 47.5 Å². The number of nitrogens with zero attached hydrogens (tertiary/aromatic N) is 1. The van der Waals surface area contributed by atoms with Gasteiger partial charge in [0.2, 0.25) is 0 Å². The SMILES string of the molecule is CC(OC1CCC(CN(C)CCCC(=O)O)C1c1ccc(F)cc1)c1cc(C(F)(F)F)cc(C(F)(F)F)c1. The summed E-state index contributed by atoms with van der Waals surface area (Å²) in [6.45, 7) is 2.52. The van der Waals surface area contributed by atoms with E-state index in [2.05, 4.69) is 0 Å². The minimum atomic E-state index is -4.96. The van der Waals surface area contributed by atoms with Crippen LogP contribution in [0.1, 0.15) is 66.9 Å². The van der Waals surface area contributed by atoms with E-state index in [-0.39, 0.29) is 29.9 Å². The van der Waals surface area contributed by atoms with Gasteiger partial charge in [0.1, 0.15) is 5.82 Å². The summed E-state index contributed by atoms with van der Waals surface area (Å²) < 4.78 is 99.8. The highest BCUT2D eigenvalue weighted by molar-refractivity contribution is 5.66. The number of ether oxygens (including phenoxy) is 1. The predicted molar refractivity (Wildman–Crippen MR) is 126 cm³/mol. The molecule has 11 heteroatoms. The minimum Gasteiger partial charge on any atom is -0.481 e. The summed E-state index contributed by atoms with van der Waals surface area (Å²) in [5.41, 5.74) is -2.29. The zero-order chi connectivity index (χ0) is 28.3. The number of carboxylic acids is 1. The lowest BCUT2D eigenvalue weighted by Gasteiger charge is -2.30. The molecule has 1 aliphatic rings. The molecule has 0 heterocycles. The summed E-state index contributed by atoms with van der Waals surface area (Å²) >= 11 is 0. The Morgan fingerprint density at radius 3 is 2.13 bits per heavy atom. The van der Waals surface area contributed by atoms with Gasteiger partial charge in [-0.3, -0.25) is 4.79 Å². The molecule has 3 rings (SSSR count). The van der Waals surface area contributed by atoms with Gasteiger partial charge >= 0.3 is 18.3 Å². The number of hydrogen-bond donors (Lipinski definition) is 1. The summed E-state index contributed by atoms with van der Waals surface area (Å²) in [4.78, 5) is 12.8. The first-order valence-electron chi connectivity index (χ1n) is 12.3. The van der Waals surface area contributed by atoms with Crippen LogP contribution in [-0.2, 0) is 21.9 Å². The average molecular weight is 550 g/mol. The molecule has 0 aliphatic heterocycles. The van der Waals surface area contributed by atoms with E-state index in [1.54, 1.807) is 12.1 Å². The van der Waals surface area contributed by atoms with Crippen molar-refractivity contribution >= 4 is 5.97 Å². The van der Waals surface area contributed by atoms with Crippen molar-refractivity contribution in [2.75, 3.05) is 20.1 Å². The van der Waals surface area contributed by atoms with Crippen LogP contribution in [0.25, 0.3) is 0 Å². The smallest absolute Gasteiger partial charge is 0.416 e. The molecule has 0 radical (unpaired) electrons. The standard InChI is InChI=1S/C27H30F7NO3/c1-16(19-12-20(26(29,30)31)14-21(13-19)27(32,33)34)38-23-10-7-18(15-35(2)11-3-4-24(36)37)25(23)17-5-8-22(28)9-6-17/h5-6,8-9,12-14,16,18,23,25H,3-4,7,10-11,15H2,1-2H3,(H,36,37). The zero-order valence-corrected chi connectivity index (χ0v) is 21.0. The third kappa shape index (κ3) is 7.92. The molecule has 2 aromatic rings. The van der Waals surface area contributed by atoms with Gasteiger partial charge in [0.25, 0.3) is 0 Å². The van der Waals surface area contributed by atoms with Crippen molar-refractivity contribution in [2.45, 2.75) is 63.1 Å². The van der Waals surface area contributed by atoms with Crippen LogP contribution in [0.3, 0.4) is 0 Å². The van der Waals surface area contributed by atoms with Gasteiger partial charge in [0.15, 0.2) is 0 Å². The van der Waals surface area contributed by atoms with Gasteiger partial charge < -0.3 is 14.7 Å². The van der Waals surface area contributed by atoms with Crippen molar-refractivity contribution in [3.63, 3.8) is 0 Å². The quantitative estimate of drug-likeness (QED) is 0.316. The Kier molecular flexibility index (Phi) is 9.46. The van der Waals surface area contributed by atoms with E-state index in [9.17, 15) is 35.5 Å². The second-order valence-corrected chi connectivity index (χ2v) is 9.83. The van der Waals surface area contributed by atoms with Crippen LogP contribution in [0, 0.1) is 11.7 Å². The van der Waals surface area contributed by atoms with Gasteiger partial charge in [-0.05, 0) is 87.2 Å². The first-order chi connectivity index (χ1) is 17.6. The van der Waals surface area contributed by atoms with Crippen LogP contribution >= 0.6 is 0 Å². The van der Waals surface area contributed by atoms with Crippen LogP contribution in [0.4, 0.5) is 30.7 Å². The summed E-state index contributed by atoms with van der Waals surface area (Å²) in [5, 5.41) is 8.87. The van der Waals surface area contributed by atoms with Crippen LogP contribution in [0.5, 0.6) is 0 Å². The molecule has 1 N–H and O–H groups in total. The Morgan fingerprint density at radius 1 is 1.03 bits per heavy atom. The molecule has 4 unspecified atom stereocenters. The van der Waals surface area contributed by atoms with Crippen molar-refractivity contribution in [3.8, 4) is 0 Å². The van der Waals surface area contributed by atoms with E-state index in [0.29, 0.717) is 44.5 Å². The van der Waals surface area contributed by atoms with E-state index in [0.717, 1.165) is 5.56 Å². The molecule has 210 valence electrons. The fraction of sp³-hybridized carbons (Fsp3) is 0.519. The number of carbonyl (C=O) groups is 1. The third-order valence-corrected chi connectivity index (χ3v) is 6.92. The molecule has 1 saturated carbocycles. The number of alkyl halides is 6. The minimum absolute atomic E-state index is 0.000245. The van der Waals surface area contributed by atoms with Gasteiger partial charge in [-0.15, -0.1) is 0 Å². The highest BCUT2D eigenvalue weighted by Gasteiger charge is 2.41. The molecular formula is C27H30F7NO3. The van der Waals surface area contributed by atoms with Gasteiger partial charge in [0, 0.05) is 18.9 Å². The van der Waals surface area contributed by atoms with Gasteiger partial charge in [-0.2, -0.15) is 26.3 Å². The maximum atomic E-state index is 13.6. The zero-order valence-electron chi connectivity index (χ0n) is 21.0. The number of aliphatic carboxylic acids is 1. The van der Waals surface area contributed by atoms with Crippen molar-refractivity contribution in [1.29, 1.82) is 0 Å². The molecule has 1 aliphatic carbocycles. The fourth-order valence-corrected chi connectivity index (χ4v) is 5.12. The van der Waals surface area contributed by atoms with Gasteiger partial charge in [0.05, 0.1) is 23.3 Å². The van der Waals surface area contributed by atoms with Crippen LogP contribution in [0.15, 0.2) is 42.5 Å². The maximum absolute atomic E-state index is 13.6. The number of benzene rings is 2. The van der Waals surface area contributed by atoms with E-state index in [1.807, 2.05) is 11.9 Å². The lowest BCUT2D eigenvalue weighted by atomic mass is 9.87. The average Bonchev–Trinajstić information content (AvgIpc) is 3.19. The molecule has 4 atom stereocenters. The molecule has 0 saturated heterocycles. The molecular weight excluding hydrogens is 519 g/mol. The second-order valence-electron chi connectivity index (χ2n) is 9.83. The van der Waals surface area contributed by atoms with Crippen LogP contribution in [0.2, 0.25) is 0 Å². The molecule has 2 aromatic carbocycles. The largest absolute Gasteiger partial charge is 0.481 e. The fourth-order valence-electron chi connectivity index (χ4n) is 5.12. The Hall–Kier alpha value is -2.66. The van der Waals surface area contributed by atoms with E-state index >= 15 is 0 Å². The molecule has 4 nitrogen and oxygen atoms in total. The second kappa shape index (κ2) is 12.0. The third-order valence-electron chi connectivity index (χ3n) is 6.92. The van der Waals surface area contributed by atoms with Gasteiger partial charge in [-0.25, -0.2) is 4.39 Å². The first-order valence-corrected chi connectivity index (χ1v) is 12.3. The number of hydrogen-bond acceptors (Lipinski definition) is 3. The number of rotatable bonds is 10. The number of halogens is 7. The van der Waals surface area contributed by atoms with Crippen molar-refractivity contribution in [2.24, 2.45) is 5.92 Å². The topological polar surface area (TPSA) is 49.8 Å². The highest BCUT2D eigenvalue weighted by atomic mass is 19.4. The summed E-state index contributed by atoms with van der Waals surface area (Å²) in [6, 6.07) is 7.24. The Labute approximate surface area is 216 Å². The molecule has 0 spiro atoms. The summed E-state index contributed by atoms with van der Waals surface area (Å²) in [5.74, 6) is -1.62. The molecule has 1 fully saturated rings. The molecule has 38 heavy (non-hydrogen) atoms. The lowest BCUT2D eigenvalue weighted by Crippen LogP contribution is -2.31. The number of carboxylic acid groups (broad SMARTS) is 1. The lowest BCUT2D eigenvalue weighted by molar-refractivity contribution is -0.143. The molecule has 0 bridgehead atoms. The summed E-state index contributed by atoms with van der Waals surface area (Å²) in [7, 11) is 1.85. The van der Waals surface area contributed by atoms with Crippen molar-refractivity contribution in [3.05, 3.63) is 70.5 Å². The first kappa shape index (κ1) is 29.9. The van der Waals surface area contributed by atoms with E-state index in [1.165, 1.54) is 19.1 Å². The van der Waals surface area contributed by atoms with Gasteiger partial charge in [-0.1, -0.05) is 12.1 Å². The molecule has 0 aromatic heterocycles. The van der Waals surface area contributed by atoms with Crippen molar-refractivity contribution in [1.82, 2.24) is 4.90 Å². The van der Waals surface area contributed by atoms with Crippen LogP contribution in [-0.4, -0.2) is 42.2 Å². The Balaban J connectivity index is 1.85. The Morgan fingerprint density at radius 2 is 1.61 bits per heavy atom. The van der Waals surface area contributed by atoms with E-state index in [4.69, 9.17) is 9.84 Å².